The van der Waals surface area contributed by atoms with Gasteiger partial charge in [0.25, 0.3) is 5.91 Å². The van der Waals surface area contributed by atoms with Crippen LogP contribution in [0.25, 0.3) is 10.8 Å². The topological polar surface area (TPSA) is 69.7 Å². The third-order valence-electron chi connectivity index (χ3n) is 8.69. The Morgan fingerprint density at radius 3 is 2.33 bits per heavy atom. The van der Waals surface area contributed by atoms with E-state index < -0.39 is 17.4 Å². The maximum absolute atomic E-state index is 14.6. The second-order valence-electron chi connectivity index (χ2n) is 10.7. The molecule has 0 unspecified atom stereocenters. The molecule has 1 spiro atoms. The summed E-state index contributed by atoms with van der Waals surface area (Å²) in [4.78, 5) is 46.6. The lowest BCUT2D eigenvalue weighted by Crippen LogP contribution is -2.55. The summed E-state index contributed by atoms with van der Waals surface area (Å²) in [6, 6.07) is 30.8. The molecule has 7 rings (SSSR count). The number of benzene rings is 4. The number of hydrogen-bond donors (Lipinski definition) is 1. The van der Waals surface area contributed by atoms with Gasteiger partial charge in [0, 0.05) is 22.7 Å². The van der Waals surface area contributed by atoms with E-state index in [0.29, 0.717) is 18.7 Å². The molecule has 200 valence electrons. The van der Waals surface area contributed by atoms with E-state index in [1.54, 1.807) is 16.7 Å². The number of imide groups is 1. The number of rotatable bonds is 6. The maximum Gasteiger partial charge on any atom is 0.253 e. The fraction of sp³-hybridized carbons (Fsp3) is 0.242. The van der Waals surface area contributed by atoms with Crippen LogP contribution in [0.4, 0.5) is 11.4 Å². The first kappa shape index (κ1) is 25.1. The van der Waals surface area contributed by atoms with E-state index in [1.807, 2.05) is 103 Å². The number of thioether (sulfide) groups is 1. The summed E-state index contributed by atoms with van der Waals surface area (Å²) in [6.45, 7) is 0.391. The molecule has 1 N–H and O–H groups in total. The molecule has 4 aromatic carbocycles. The van der Waals surface area contributed by atoms with Gasteiger partial charge in [-0.05, 0) is 41.5 Å². The lowest BCUT2D eigenvalue weighted by atomic mass is 9.76. The average molecular weight is 548 g/mol. The molecule has 3 amide bonds. The Morgan fingerprint density at radius 2 is 1.50 bits per heavy atom. The van der Waals surface area contributed by atoms with Crippen molar-refractivity contribution in [1.82, 2.24) is 5.32 Å². The molecule has 0 bridgehead atoms. The molecule has 3 heterocycles. The smallest absolute Gasteiger partial charge is 0.253 e. The predicted molar refractivity (Wildman–Crippen MR) is 159 cm³/mol. The van der Waals surface area contributed by atoms with Crippen LogP contribution in [0.2, 0.25) is 0 Å². The highest BCUT2D eigenvalue weighted by atomic mass is 32.2. The molecule has 2 saturated heterocycles. The zero-order valence-corrected chi connectivity index (χ0v) is 22.9. The number of carbonyl (C=O) groups excluding carboxylic acids is 3. The van der Waals surface area contributed by atoms with Gasteiger partial charge in [-0.2, -0.15) is 11.8 Å². The van der Waals surface area contributed by atoms with Gasteiger partial charge in [0.1, 0.15) is 5.54 Å². The van der Waals surface area contributed by atoms with E-state index in [2.05, 4.69) is 5.32 Å². The van der Waals surface area contributed by atoms with Crippen molar-refractivity contribution in [2.45, 2.75) is 24.5 Å². The number of para-hydroxylation sites is 1. The molecular weight excluding hydrogens is 518 g/mol. The maximum atomic E-state index is 14.6. The molecule has 0 aromatic heterocycles. The number of nitrogens with one attached hydrogen (secondary N) is 1. The van der Waals surface area contributed by atoms with E-state index in [4.69, 9.17) is 0 Å². The minimum atomic E-state index is -1.30. The van der Waals surface area contributed by atoms with Gasteiger partial charge in [0.2, 0.25) is 11.8 Å². The SMILES string of the molecule is CSCC[C@@H]1N[C@]2(C(=O)N(Cc3ccccc3)c3ccccc32)[C@@H]2C(=O)N(c3cccc4ccccc34)C(=O)[C@@H]12. The normalized spacial score (nSPS) is 25.3. The zero-order chi connectivity index (χ0) is 27.4. The third kappa shape index (κ3) is 3.50. The Hall–Kier alpha value is -3.94. The lowest BCUT2D eigenvalue weighted by molar-refractivity contribution is -0.132. The van der Waals surface area contributed by atoms with Crippen LogP contribution in [-0.2, 0) is 26.5 Å². The van der Waals surface area contributed by atoms with Crippen molar-refractivity contribution in [3.63, 3.8) is 0 Å². The Labute approximate surface area is 237 Å². The first-order valence-electron chi connectivity index (χ1n) is 13.6. The van der Waals surface area contributed by atoms with Crippen LogP contribution in [0.15, 0.2) is 97.1 Å². The molecule has 40 heavy (non-hydrogen) atoms. The molecule has 4 aromatic rings. The van der Waals surface area contributed by atoms with Crippen molar-refractivity contribution >= 4 is 51.6 Å². The van der Waals surface area contributed by atoms with Gasteiger partial charge in [-0.15, -0.1) is 0 Å². The van der Waals surface area contributed by atoms with Crippen molar-refractivity contribution in [3.05, 3.63) is 108 Å². The standard InChI is InChI=1S/C33H29N3O3S/c1-40-19-18-25-28-29(31(38)36(30(28)37)26-17-9-13-22-12-5-6-14-23(22)26)33(34-25)24-15-7-8-16-27(24)35(32(33)39)20-21-10-3-2-4-11-21/h2-17,25,28-29,34H,18-20H2,1H3/t25-,28-,29-,33-/m0/s1. The van der Waals surface area contributed by atoms with Crippen LogP contribution < -0.4 is 15.1 Å². The van der Waals surface area contributed by atoms with Crippen molar-refractivity contribution in [3.8, 4) is 0 Å². The summed E-state index contributed by atoms with van der Waals surface area (Å²) >= 11 is 1.70. The highest BCUT2D eigenvalue weighted by Crippen LogP contribution is 2.56. The summed E-state index contributed by atoms with van der Waals surface area (Å²) in [5, 5.41) is 5.43. The van der Waals surface area contributed by atoms with Crippen molar-refractivity contribution in [2.75, 3.05) is 21.8 Å². The minimum absolute atomic E-state index is 0.167. The molecule has 2 fully saturated rings. The van der Waals surface area contributed by atoms with Crippen molar-refractivity contribution in [2.24, 2.45) is 11.8 Å². The molecule has 0 saturated carbocycles. The first-order valence-corrected chi connectivity index (χ1v) is 15.0. The van der Waals surface area contributed by atoms with Gasteiger partial charge in [-0.25, -0.2) is 4.90 Å². The van der Waals surface area contributed by atoms with Crippen molar-refractivity contribution < 1.29 is 14.4 Å². The fourth-order valence-electron chi connectivity index (χ4n) is 7.00. The molecule has 0 radical (unpaired) electrons. The Bertz CT molecular complexity index is 1650. The van der Waals surface area contributed by atoms with Crippen LogP contribution >= 0.6 is 11.8 Å². The van der Waals surface area contributed by atoms with Crippen LogP contribution in [0.3, 0.4) is 0 Å². The van der Waals surface area contributed by atoms with E-state index >= 15 is 0 Å². The second-order valence-corrected chi connectivity index (χ2v) is 11.7. The average Bonchev–Trinajstić information content (AvgIpc) is 3.55. The third-order valence-corrected chi connectivity index (χ3v) is 9.33. The Kier molecular flexibility index (Phi) is 6.02. The van der Waals surface area contributed by atoms with E-state index in [0.717, 1.165) is 33.3 Å². The van der Waals surface area contributed by atoms with Crippen LogP contribution in [0, 0.1) is 11.8 Å². The van der Waals surface area contributed by atoms with E-state index in [-0.39, 0.29) is 23.8 Å². The quantitative estimate of drug-likeness (QED) is 0.340. The zero-order valence-electron chi connectivity index (χ0n) is 22.1. The van der Waals surface area contributed by atoms with E-state index in [9.17, 15) is 14.4 Å². The van der Waals surface area contributed by atoms with Gasteiger partial charge >= 0.3 is 0 Å². The van der Waals surface area contributed by atoms with Gasteiger partial charge in [0.05, 0.1) is 24.1 Å². The molecule has 7 heteroatoms. The molecular formula is C33H29N3O3S. The largest absolute Gasteiger partial charge is 0.306 e. The molecule has 3 aliphatic rings. The number of anilines is 2. The second kappa shape index (κ2) is 9.61. The number of carbonyl (C=O) groups is 3. The highest BCUT2D eigenvalue weighted by molar-refractivity contribution is 7.98. The lowest BCUT2D eigenvalue weighted by Gasteiger charge is -2.31. The number of nitrogens with zero attached hydrogens (tertiary/aromatic N) is 2. The van der Waals surface area contributed by atoms with Gasteiger partial charge < -0.3 is 4.90 Å². The Morgan fingerprint density at radius 1 is 0.800 bits per heavy atom. The molecule has 4 atom stereocenters. The summed E-state index contributed by atoms with van der Waals surface area (Å²) in [6.07, 6.45) is 2.71. The molecule has 6 nitrogen and oxygen atoms in total. The number of hydrogen-bond acceptors (Lipinski definition) is 5. The fourth-order valence-corrected chi connectivity index (χ4v) is 7.49. The molecule has 3 aliphatic heterocycles. The van der Waals surface area contributed by atoms with Gasteiger partial charge in [-0.1, -0.05) is 84.9 Å². The predicted octanol–water partition coefficient (Wildman–Crippen LogP) is 5.11. The summed E-state index contributed by atoms with van der Waals surface area (Å²) in [7, 11) is 0. The van der Waals surface area contributed by atoms with Crippen molar-refractivity contribution in [1.29, 1.82) is 0 Å². The summed E-state index contributed by atoms with van der Waals surface area (Å²) < 4.78 is 0. The Balaban J connectivity index is 1.38. The van der Waals surface area contributed by atoms with Gasteiger partial charge in [-0.3, -0.25) is 19.7 Å². The van der Waals surface area contributed by atoms with Crippen LogP contribution in [-0.4, -0.2) is 35.8 Å². The first-order chi connectivity index (χ1) is 19.6. The van der Waals surface area contributed by atoms with Crippen LogP contribution in [0.5, 0.6) is 0 Å². The number of fused-ring (bicyclic) bond motifs is 5. The minimum Gasteiger partial charge on any atom is -0.306 e. The monoisotopic (exact) mass is 547 g/mol. The molecule has 0 aliphatic carbocycles. The van der Waals surface area contributed by atoms with Crippen LogP contribution in [0.1, 0.15) is 17.5 Å². The van der Waals surface area contributed by atoms with Gasteiger partial charge in [0.15, 0.2) is 0 Å². The van der Waals surface area contributed by atoms with E-state index in [1.165, 1.54) is 4.90 Å². The number of amides is 3. The highest BCUT2D eigenvalue weighted by Gasteiger charge is 2.71. The summed E-state index contributed by atoms with van der Waals surface area (Å²) in [5.74, 6) is -1.35. The summed E-state index contributed by atoms with van der Waals surface area (Å²) in [5.41, 5.74) is 1.85.